The van der Waals surface area contributed by atoms with Gasteiger partial charge in [0.1, 0.15) is 5.60 Å². The van der Waals surface area contributed by atoms with Crippen LogP contribution in [-0.2, 0) is 10.3 Å². The van der Waals surface area contributed by atoms with Crippen LogP contribution in [0.5, 0.6) is 0 Å². The number of hydrogen-bond donors (Lipinski definition) is 2. The number of benzene rings is 1. The van der Waals surface area contributed by atoms with Gasteiger partial charge in [-0.1, -0.05) is 29.3 Å². The maximum absolute atomic E-state index is 8.96. The van der Waals surface area contributed by atoms with E-state index in [-0.39, 0.29) is 6.61 Å². The van der Waals surface area contributed by atoms with Gasteiger partial charge in [-0.05, 0) is 37.1 Å². The zero-order chi connectivity index (χ0) is 13.0. The van der Waals surface area contributed by atoms with Crippen molar-refractivity contribution in [1.29, 1.82) is 0 Å². The van der Waals surface area contributed by atoms with Crippen LogP contribution >= 0.6 is 23.2 Å². The zero-order valence-electron chi connectivity index (χ0n) is 10.1. The summed E-state index contributed by atoms with van der Waals surface area (Å²) in [6.45, 7) is 2.06. The topological polar surface area (TPSA) is 41.5 Å². The van der Waals surface area contributed by atoms with Gasteiger partial charge in [0.05, 0.1) is 23.3 Å². The van der Waals surface area contributed by atoms with Gasteiger partial charge in [0.25, 0.3) is 0 Å². The highest BCUT2D eigenvalue weighted by Crippen LogP contribution is 2.35. The number of aliphatic hydroxyl groups is 1. The Kier molecular flexibility index (Phi) is 4.87. The van der Waals surface area contributed by atoms with Crippen LogP contribution in [0.15, 0.2) is 18.2 Å². The number of halogens is 2. The monoisotopic (exact) mass is 289 g/mol. The first-order valence-corrected chi connectivity index (χ1v) is 6.85. The van der Waals surface area contributed by atoms with Crippen LogP contribution in [-0.4, -0.2) is 31.4 Å². The molecule has 2 rings (SSSR count). The first kappa shape index (κ1) is 14.1. The van der Waals surface area contributed by atoms with E-state index in [1.807, 2.05) is 12.1 Å². The Morgan fingerprint density at radius 3 is 2.78 bits per heavy atom. The third-order valence-corrected chi connectivity index (χ3v) is 4.00. The molecule has 0 aromatic heterocycles. The number of ether oxygens (including phenoxy) is 1. The van der Waals surface area contributed by atoms with Crippen molar-refractivity contribution in [2.24, 2.45) is 0 Å². The quantitative estimate of drug-likeness (QED) is 0.895. The zero-order valence-corrected chi connectivity index (χ0v) is 11.6. The van der Waals surface area contributed by atoms with Crippen molar-refractivity contribution in [3.63, 3.8) is 0 Å². The fourth-order valence-electron chi connectivity index (χ4n) is 2.35. The molecule has 18 heavy (non-hydrogen) atoms. The van der Waals surface area contributed by atoms with Crippen LogP contribution < -0.4 is 5.32 Å². The maximum Gasteiger partial charge on any atom is 0.106 e. The summed E-state index contributed by atoms with van der Waals surface area (Å²) in [5.74, 6) is 0. The molecule has 0 spiro atoms. The molecule has 0 radical (unpaired) electrons. The standard InChI is InChI=1S/C13H17Cl2NO2/c14-11-3-2-10(8-12(11)15)13(18-7-6-17)4-1-5-16-9-13/h2-3,8,16-17H,1,4-7,9H2. The molecule has 1 aromatic rings. The van der Waals surface area contributed by atoms with E-state index in [1.54, 1.807) is 6.07 Å². The van der Waals surface area contributed by atoms with Gasteiger partial charge in [0.15, 0.2) is 0 Å². The van der Waals surface area contributed by atoms with Gasteiger partial charge in [-0.25, -0.2) is 0 Å². The molecule has 1 aromatic carbocycles. The van der Waals surface area contributed by atoms with E-state index < -0.39 is 5.60 Å². The normalized spacial score (nSPS) is 24.2. The van der Waals surface area contributed by atoms with Gasteiger partial charge < -0.3 is 15.2 Å². The minimum Gasteiger partial charge on any atom is -0.394 e. The Morgan fingerprint density at radius 2 is 2.17 bits per heavy atom. The lowest BCUT2D eigenvalue weighted by molar-refractivity contribution is -0.0767. The molecule has 1 aliphatic rings. The molecule has 0 bridgehead atoms. The SMILES string of the molecule is OCCOC1(c2ccc(Cl)c(Cl)c2)CCCNC1. The fourth-order valence-corrected chi connectivity index (χ4v) is 2.65. The Bertz CT molecular complexity index is 406. The van der Waals surface area contributed by atoms with Crippen molar-refractivity contribution in [2.45, 2.75) is 18.4 Å². The summed E-state index contributed by atoms with van der Waals surface area (Å²) in [5, 5.41) is 13.4. The van der Waals surface area contributed by atoms with E-state index >= 15 is 0 Å². The highest BCUT2D eigenvalue weighted by atomic mass is 35.5. The number of aliphatic hydroxyl groups excluding tert-OH is 1. The summed E-state index contributed by atoms with van der Waals surface area (Å²) in [4.78, 5) is 0. The van der Waals surface area contributed by atoms with E-state index in [4.69, 9.17) is 33.0 Å². The van der Waals surface area contributed by atoms with Crippen molar-refractivity contribution in [3.8, 4) is 0 Å². The van der Waals surface area contributed by atoms with Crippen LogP contribution in [0.4, 0.5) is 0 Å². The highest BCUT2D eigenvalue weighted by molar-refractivity contribution is 6.42. The molecule has 5 heteroatoms. The third-order valence-electron chi connectivity index (χ3n) is 3.26. The van der Waals surface area contributed by atoms with E-state index in [1.165, 1.54) is 0 Å². The van der Waals surface area contributed by atoms with E-state index in [9.17, 15) is 0 Å². The second-order valence-electron chi connectivity index (χ2n) is 4.48. The molecule has 2 N–H and O–H groups in total. The minimum atomic E-state index is -0.408. The van der Waals surface area contributed by atoms with Gasteiger partial charge in [-0.2, -0.15) is 0 Å². The molecule has 1 unspecified atom stereocenters. The van der Waals surface area contributed by atoms with Gasteiger partial charge in [-0.3, -0.25) is 0 Å². The smallest absolute Gasteiger partial charge is 0.106 e. The van der Waals surface area contributed by atoms with E-state index in [2.05, 4.69) is 5.32 Å². The van der Waals surface area contributed by atoms with Crippen LogP contribution in [0.2, 0.25) is 10.0 Å². The second kappa shape index (κ2) is 6.22. The second-order valence-corrected chi connectivity index (χ2v) is 5.29. The minimum absolute atomic E-state index is 0.0169. The van der Waals surface area contributed by atoms with Crippen molar-refractivity contribution >= 4 is 23.2 Å². The Morgan fingerprint density at radius 1 is 1.33 bits per heavy atom. The largest absolute Gasteiger partial charge is 0.394 e. The first-order valence-electron chi connectivity index (χ1n) is 6.09. The van der Waals surface area contributed by atoms with Gasteiger partial charge in [-0.15, -0.1) is 0 Å². The lowest BCUT2D eigenvalue weighted by Gasteiger charge is -2.38. The van der Waals surface area contributed by atoms with Crippen molar-refractivity contribution < 1.29 is 9.84 Å². The van der Waals surface area contributed by atoms with Crippen molar-refractivity contribution in [2.75, 3.05) is 26.3 Å². The Balaban J connectivity index is 2.29. The summed E-state index contributed by atoms with van der Waals surface area (Å²) in [7, 11) is 0. The summed E-state index contributed by atoms with van der Waals surface area (Å²) in [6, 6.07) is 5.59. The number of piperidine rings is 1. The van der Waals surface area contributed by atoms with Crippen LogP contribution in [0.3, 0.4) is 0 Å². The lowest BCUT2D eigenvalue weighted by Crippen LogP contribution is -2.45. The molecule has 1 atom stereocenters. The number of nitrogens with one attached hydrogen (secondary N) is 1. The van der Waals surface area contributed by atoms with Crippen LogP contribution in [0.1, 0.15) is 18.4 Å². The number of rotatable bonds is 4. The molecule has 1 saturated heterocycles. The fraction of sp³-hybridized carbons (Fsp3) is 0.538. The molecule has 0 saturated carbocycles. The summed E-state index contributed by atoms with van der Waals surface area (Å²) < 4.78 is 5.89. The maximum atomic E-state index is 8.96. The average molecular weight is 290 g/mol. The molecule has 3 nitrogen and oxygen atoms in total. The van der Waals surface area contributed by atoms with Gasteiger partial charge >= 0.3 is 0 Å². The summed E-state index contributed by atoms with van der Waals surface area (Å²) >= 11 is 12.0. The molecule has 1 fully saturated rings. The van der Waals surface area contributed by atoms with Crippen molar-refractivity contribution in [3.05, 3.63) is 33.8 Å². The molecule has 1 heterocycles. The van der Waals surface area contributed by atoms with Crippen molar-refractivity contribution in [1.82, 2.24) is 5.32 Å². The van der Waals surface area contributed by atoms with E-state index in [0.29, 0.717) is 16.7 Å². The molecule has 1 aliphatic heterocycles. The average Bonchev–Trinajstić information content (AvgIpc) is 2.40. The molecule has 100 valence electrons. The van der Waals surface area contributed by atoms with Crippen LogP contribution in [0, 0.1) is 0 Å². The lowest BCUT2D eigenvalue weighted by atomic mass is 9.86. The first-order chi connectivity index (χ1) is 8.68. The van der Waals surface area contributed by atoms with Gasteiger partial charge in [0, 0.05) is 6.54 Å². The van der Waals surface area contributed by atoms with Crippen LogP contribution in [0.25, 0.3) is 0 Å². The van der Waals surface area contributed by atoms with Gasteiger partial charge in [0.2, 0.25) is 0 Å². The third kappa shape index (κ3) is 2.98. The Hall–Kier alpha value is -0.320. The molecular formula is C13H17Cl2NO2. The Labute approximate surface area is 117 Å². The predicted molar refractivity (Wildman–Crippen MR) is 73.3 cm³/mol. The predicted octanol–water partition coefficient (Wildman–Crippen LogP) is 2.58. The summed E-state index contributed by atoms with van der Waals surface area (Å²) in [6.07, 6.45) is 1.95. The number of hydrogen-bond acceptors (Lipinski definition) is 3. The molecular weight excluding hydrogens is 273 g/mol. The summed E-state index contributed by atoms with van der Waals surface area (Å²) in [5.41, 5.74) is 0.604. The highest BCUT2D eigenvalue weighted by Gasteiger charge is 2.35. The molecule has 0 amide bonds. The molecule has 0 aliphatic carbocycles. The van der Waals surface area contributed by atoms with E-state index in [0.717, 1.165) is 31.5 Å².